The summed E-state index contributed by atoms with van der Waals surface area (Å²) in [7, 11) is 1.38. The second-order valence-electron chi connectivity index (χ2n) is 8.87. The van der Waals surface area contributed by atoms with Crippen LogP contribution < -0.4 is 9.64 Å². The number of benzene rings is 1. The summed E-state index contributed by atoms with van der Waals surface area (Å²) in [4.78, 5) is 24.2. The number of methoxy groups -OCH3 is 1. The molecule has 2 aliphatic rings. The van der Waals surface area contributed by atoms with Crippen molar-refractivity contribution in [3.05, 3.63) is 58.6 Å². The quantitative estimate of drug-likeness (QED) is 0.435. The third-order valence-corrected chi connectivity index (χ3v) is 6.58. The lowest BCUT2D eigenvalue weighted by Gasteiger charge is -2.42. The number of alkyl halides is 3. The van der Waals surface area contributed by atoms with Crippen LogP contribution in [0, 0.1) is 18.3 Å². The number of carbonyl (C=O) groups is 1. The van der Waals surface area contributed by atoms with E-state index in [9.17, 15) is 27.6 Å². The van der Waals surface area contributed by atoms with Gasteiger partial charge in [-0.15, -0.1) is 0 Å². The maximum atomic E-state index is 13.8. The van der Waals surface area contributed by atoms with Crippen LogP contribution in [0.25, 0.3) is 0 Å². The standard InChI is InChI=1S/C25H25F4N5O3/c1-14-5-4-6-17(21(14)25(27,28)29)20-11-19-18(13-37-20)22(32-24(31-19)36-3)33-9-10-34(23(35)15(2)26)16(12-33)7-8-30/h4-6,16,20H,2,7,9-13H2,1,3H3/t16-,20-/m0/s1. The van der Waals surface area contributed by atoms with E-state index in [1.165, 1.54) is 31.1 Å². The summed E-state index contributed by atoms with van der Waals surface area (Å²) in [6.07, 6.45) is -5.40. The number of amides is 1. The molecule has 0 aliphatic carbocycles. The van der Waals surface area contributed by atoms with Crippen LogP contribution in [0.3, 0.4) is 0 Å². The van der Waals surface area contributed by atoms with E-state index < -0.39 is 35.6 Å². The highest BCUT2D eigenvalue weighted by atomic mass is 19.4. The zero-order chi connectivity index (χ0) is 26.9. The Morgan fingerprint density at radius 3 is 2.73 bits per heavy atom. The van der Waals surface area contributed by atoms with Crippen LogP contribution in [-0.2, 0) is 28.7 Å². The van der Waals surface area contributed by atoms with Crippen LogP contribution in [-0.4, -0.2) is 53.6 Å². The van der Waals surface area contributed by atoms with E-state index in [0.717, 1.165) is 0 Å². The zero-order valence-electron chi connectivity index (χ0n) is 20.3. The first-order valence-corrected chi connectivity index (χ1v) is 11.5. The van der Waals surface area contributed by atoms with Crippen LogP contribution in [0.15, 0.2) is 30.6 Å². The molecule has 1 fully saturated rings. The molecule has 3 heterocycles. The topological polar surface area (TPSA) is 91.6 Å². The molecule has 8 nitrogen and oxygen atoms in total. The average molecular weight is 519 g/mol. The van der Waals surface area contributed by atoms with E-state index in [4.69, 9.17) is 9.47 Å². The van der Waals surface area contributed by atoms with Gasteiger partial charge in [-0.1, -0.05) is 24.8 Å². The van der Waals surface area contributed by atoms with Gasteiger partial charge in [-0.25, -0.2) is 4.39 Å². The summed E-state index contributed by atoms with van der Waals surface area (Å²) in [6.45, 7) is 5.00. The van der Waals surface area contributed by atoms with Gasteiger partial charge < -0.3 is 19.3 Å². The Bertz CT molecular complexity index is 1260. The maximum absolute atomic E-state index is 13.8. The first-order chi connectivity index (χ1) is 17.5. The molecular formula is C25H25F4N5O3. The Morgan fingerprint density at radius 1 is 1.32 bits per heavy atom. The largest absolute Gasteiger partial charge is 0.467 e. The molecule has 12 heteroatoms. The molecule has 1 aromatic carbocycles. The molecular weight excluding hydrogens is 494 g/mol. The summed E-state index contributed by atoms with van der Waals surface area (Å²) >= 11 is 0. The molecule has 0 N–H and O–H groups in total. The molecule has 196 valence electrons. The van der Waals surface area contributed by atoms with Crippen LogP contribution in [0.4, 0.5) is 23.4 Å². The number of rotatable bonds is 5. The second kappa shape index (κ2) is 10.3. The van der Waals surface area contributed by atoms with E-state index in [-0.39, 0.29) is 56.2 Å². The lowest BCUT2D eigenvalue weighted by atomic mass is 9.92. The molecule has 1 saturated heterocycles. The predicted octanol–water partition coefficient (Wildman–Crippen LogP) is 4.04. The van der Waals surface area contributed by atoms with E-state index in [1.54, 1.807) is 6.07 Å². The SMILES string of the molecule is C=C(F)C(=O)N1CCN(c2nc(OC)nc3c2CO[C@H](c2cccc(C)c2C(F)(F)F)C3)C[C@@H]1CC#N. The summed E-state index contributed by atoms with van der Waals surface area (Å²) in [6, 6.07) is 5.81. The molecule has 4 rings (SSSR count). The number of carbonyl (C=O) groups excluding carboxylic acids is 1. The summed E-state index contributed by atoms with van der Waals surface area (Å²) in [5, 5.41) is 9.26. The number of anilines is 1. The van der Waals surface area contributed by atoms with Crippen molar-refractivity contribution in [3.63, 3.8) is 0 Å². The van der Waals surface area contributed by atoms with Crippen molar-refractivity contribution in [1.29, 1.82) is 5.26 Å². The summed E-state index contributed by atoms with van der Waals surface area (Å²) < 4.78 is 66.2. The highest BCUT2D eigenvalue weighted by molar-refractivity contribution is 5.91. The average Bonchev–Trinajstić information content (AvgIpc) is 2.86. The summed E-state index contributed by atoms with van der Waals surface area (Å²) in [5.74, 6) is -1.53. The molecule has 2 aromatic rings. The Kier molecular flexibility index (Phi) is 7.36. The van der Waals surface area contributed by atoms with E-state index in [0.29, 0.717) is 17.1 Å². The Balaban J connectivity index is 1.67. The highest BCUT2D eigenvalue weighted by Crippen LogP contribution is 2.42. The molecule has 1 aromatic heterocycles. The number of piperazine rings is 1. The number of hydrogen-bond donors (Lipinski definition) is 0. The molecule has 0 saturated carbocycles. The van der Waals surface area contributed by atoms with Gasteiger partial charge in [0.15, 0.2) is 5.83 Å². The maximum Gasteiger partial charge on any atom is 0.417 e. The lowest BCUT2D eigenvalue weighted by molar-refractivity contribution is -0.140. The molecule has 2 aliphatic heterocycles. The second-order valence-corrected chi connectivity index (χ2v) is 8.87. The molecule has 0 spiro atoms. The molecule has 1 amide bonds. The van der Waals surface area contributed by atoms with Crippen molar-refractivity contribution < 1.29 is 31.8 Å². The summed E-state index contributed by atoms with van der Waals surface area (Å²) in [5.41, 5.74) is 0.486. The van der Waals surface area contributed by atoms with Crippen LogP contribution in [0.2, 0.25) is 0 Å². The van der Waals surface area contributed by atoms with E-state index in [2.05, 4.69) is 16.5 Å². The number of halogens is 4. The van der Waals surface area contributed by atoms with Gasteiger partial charge in [0, 0.05) is 31.6 Å². The van der Waals surface area contributed by atoms with Crippen molar-refractivity contribution in [2.75, 3.05) is 31.6 Å². The molecule has 0 bridgehead atoms. The van der Waals surface area contributed by atoms with Gasteiger partial charge in [0.25, 0.3) is 5.91 Å². The van der Waals surface area contributed by atoms with Crippen molar-refractivity contribution in [1.82, 2.24) is 14.9 Å². The Labute approximate surface area is 211 Å². The third-order valence-electron chi connectivity index (χ3n) is 6.58. The van der Waals surface area contributed by atoms with Crippen molar-refractivity contribution in [2.45, 2.75) is 44.7 Å². The Hall–Kier alpha value is -3.72. The number of fused-ring (bicyclic) bond motifs is 1. The van der Waals surface area contributed by atoms with Gasteiger partial charge in [0.1, 0.15) is 5.82 Å². The van der Waals surface area contributed by atoms with Crippen molar-refractivity contribution in [3.8, 4) is 12.1 Å². The van der Waals surface area contributed by atoms with Crippen molar-refractivity contribution in [2.24, 2.45) is 0 Å². The van der Waals surface area contributed by atoms with Crippen LogP contribution in [0.5, 0.6) is 6.01 Å². The smallest absolute Gasteiger partial charge is 0.417 e. The number of aryl methyl sites for hydroxylation is 1. The molecule has 0 unspecified atom stereocenters. The molecule has 37 heavy (non-hydrogen) atoms. The van der Waals surface area contributed by atoms with Gasteiger partial charge in [-0.05, 0) is 18.1 Å². The minimum Gasteiger partial charge on any atom is -0.467 e. The molecule has 0 radical (unpaired) electrons. The van der Waals surface area contributed by atoms with Crippen LogP contribution in [0.1, 0.15) is 40.5 Å². The minimum absolute atomic E-state index is 0.0298. The van der Waals surface area contributed by atoms with Gasteiger partial charge in [-0.3, -0.25) is 4.79 Å². The van der Waals surface area contributed by atoms with Gasteiger partial charge >= 0.3 is 12.2 Å². The van der Waals surface area contributed by atoms with Crippen LogP contribution >= 0.6 is 0 Å². The first-order valence-electron chi connectivity index (χ1n) is 11.5. The lowest BCUT2D eigenvalue weighted by Crippen LogP contribution is -2.55. The first kappa shape index (κ1) is 26.3. The van der Waals surface area contributed by atoms with E-state index >= 15 is 0 Å². The zero-order valence-corrected chi connectivity index (χ0v) is 20.3. The fraction of sp³-hybridized carbons (Fsp3) is 0.440. The number of hydrogen-bond acceptors (Lipinski definition) is 7. The predicted molar refractivity (Wildman–Crippen MR) is 124 cm³/mol. The van der Waals surface area contributed by atoms with E-state index in [1.807, 2.05) is 11.0 Å². The number of ether oxygens (including phenoxy) is 2. The van der Waals surface area contributed by atoms with Gasteiger partial charge in [-0.2, -0.15) is 28.4 Å². The van der Waals surface area contributed by atoms with Gasteiger partial charge in [0.2, 0.25) is 0 Å². The number of nitrogens with zero attached hydrogens (tertiary/aromatic N) is 5. The highest BCUT2D eigenvalue weighted by Gasteiger charge is 2.39. The normalized spacial score (nSPS) is 19.7. The number of aromatic nitrogens is 2. The number of nitriles is 1. The third kappa shape index (κ3) is 5.22. The monoisotopic (exact) mass is 519 g/mol. The van der Waals surface area contributed by atoms with Crippen molar-refractivity contribution >= 4 is 11.7 Å². The minimum atomic E-state index is -4.55. The molecule has 2 atom stereocenters. The Morgan fingerprint density at radius 2 is 2.08 bits per heavy atom. The van der Waals surface area contributed by atoms with Gasteiger partial charge in [0.05, 0.1) is 49.6 Å². The fourth-order valence-corrected chi connectivity index (χ4v) is 4.88. The fourth-order valence-electron chi connectivity index (χ4n) is 4.88.